The summed E-state index contributed by atoms with van der Waals surface area (Å²) in [5.74, 6) is 0.0846. The molecule has 2 aromatic heterocycles. The van der Waals surface area contributed by atoms with E-state index < -0.39 is 5.60 Å². The minimum absolute atomic E-state index is 0.0955. The fourth-order valence-corrected chi connectivity index (χ4v) is 3.50. The van der Waals surface area contributed by atoms with Gasteiger partial charge in [0.05, 0.1) is 12.0 Å². The Balaban J connectivity index is 1.62. The summed E-state index contributed by atoms with van der Waals surface area (Å²) >= 11 is 0. The molecule has 0 radical (unpaired) electrons. The molecule has 1 atom stereocenters. The molecule has 0 spiro atoms. The summed E-state index contributed by atoms with van der Waals surface area (Å²) in [6, 6.07) is 14.7. The van der Waals surface area contributed by atoms with Crippen molar-refractivity contribution in [1.82, 2.24) is 14.5 Å². The summed E-state index contributed by atoms with van der Waals surface area (Å²) in [4.78, 5) is 21.6. The molecular weight excluding hydrogens is 354 g/mol. The third kappa shape index (κ3) is 3.35. The molecule has 1 amide bonds. The summed E-state index contributed by atoms with van der Waals surface area (Å²) in [6.07, 6.45) is 2.98. The molecule has 28 heavy (non-hydrogen) atoms. The molecule has 1 aliphatic rings. The number of hydrogen-bond donors (Lipinski definition) is 2. The normalized spacial score (nSPS) is 16.2. The van der Waals surface area contributed by atoms with Crippen molar-refractivity contribution in [2.45, 2.75) is 44.2 Å². The highest BCUT2D eigenvalue weighted by Gasteiger charge is 2.29. The lowest BCUT2D eigenvalue weighted by Crippen LogP contribution is -2.30. The molecule has 2 heterocycles. The van der Waals surface area contributed by atoms with Crippen molar-refractivity contribution >= 4 is 23.0 Å². The molecule has 1 aromatic carbocycles. The number of anilines is 1. The molecule has 7 heteroatoms. The zero-order chi connectivity index (χ0) is 19.7. The first-order valence-electron chi connectivity index (χ1n) is 9.35. The number of benzene rings is 1. The van der Waals surface area contributed by atoms with Gasteiger partial charge in [0, 0.05) is 6.04 Å². The Morgan fingerprint density at radius 3 is 2.68 bits per heavy atom. The predicted octanol–water partition coefficient (Wildman–Crippen LogP) is 3.26. The average molecular weight is 375 g/mol. The number of fused-ring (bicyclic) bond motifs is 1. The number of amides is 1. The van der Waals surface area contributed by atoms with Crippen LogP contribution in [-0.2, 0) is 10.4 Å². The van der Waals surface area contributed by atoms with Crippen LogP contribution in [0.25, 0.3) is 11.2 Å². The number of carbonyl (C=O) groups excluding carboxylic acids is 1. The van der Waals surface area contributed by atoms with E-state index in [1.165, 1.54) is 0 Å². The Labute approximate surface area is 162 Å². The highest BCUT2D eigenvalue weighted by atomic mass is 16.3. The summed E-state index contributed by atoms with van der Waals surface area (Å²) in [5.41, 5.74) is 0.950. The van der Waals surface area contributed by atoms with E-state index >= 15 is 0 Å². The van der Waals surface area contributed by atoms with Gasteiger partial charge in [0.2, 0.25) is 11.9 Å². The standard InChI is InChI=1S/C21H21N5O2/c1-21(28,14-6-3-2-4-7-14)12-18(27)25-20-24-17-11-10-15(13-22)23-19(17)26(20)16-8-5-9-16/h2-4,6-7,10-11,16,28H,5,8-9,12H2,1H3,(H,24,25,27). The Bertz CT molecular complexity index is 1060. The van der Waals surface area contributed by atoms with Gasteiger partial charge in [-0.2, -0.15) is 5.26 Å². The highest BCUT2D eigenvalue weighted by Crippen LogP contribution is 2.37. The molecule has 1 saturated carbocycles. The SMILES string of the molecule is CC(O)(CC(=O)Nc1nc2ccc(C#N)nc2n1C1CCC1)c1ccccc1. The van der Waals surface area contributed by atoms with E-state index in [4.69, 9.17) is 5.26 Å². The number of imidazole rings is 1. The summed E-state index contributed by atoms with van der Waals surface area (Å²) in [6.45, 7) is 1.62. The lowest BCUT2D eigenvalue weighted by atomic mass is 9.92. The first kappa shape index (κ1) is 18.1. The number of pyridine rings is 1. The molecule has 7 nitrogen and oxygen atoms in total. The van der Waals surface area contributed by atoms with E-state index in [1.807, 2.05) is 28.8 Å². The molecule has 0 aliphatic heterocycles. The van der Waals surface area contributed by atoms with Crippen LogP contribution in [0.5, 0.6) is 0 Å². The average Bonchev–Trinajstić information content (AvgIpc) is 2.97. The number of aromatic nitrogens is 3. The van der Waals surface area contributed by atoms with Gasteiger partial charge in [-0.3, -0.25) is 14.7 Å². The van der Waals surface area contributed by atoms with Gasteiger partial charge >= 0.3 is 0 Å². The van der Waals surface area contributed by atoms with E-state index in [1.54, 1.807) is 31.2 Å². The van der Waals surface area contributed by atoms with Crippen molar-refractivity contribution < 1.29 is 9.90 Å². The monoisotopic (exact) mass is 375 g/mol. The smallest absolute Gasteiger partial charge is 0.229 e. The minimum atomic E-state index is -1.29. The summed E-state index contributed by atoms with van der Waals surface area (Å²) in [7, 11) is 0. The van der Waals surface area contributed by atoms with Gasteiger partial charge in [0.1, 0.15) is 17.3 Å². The van der Waals surface area contributed by atoms with Gasteiger partial charge in [0.25, 0.3) is 0 Å². The second kappa shape index (κ2) is 7.06. The summed E-state index contributed by atoms with van der Waals surface area (Å²) < 4.78 is 1.91. The van der Waals surface area contributed by atoms with Crippen molar-refractivity contribution in [2.24, 2.45) is 0 Å². The third-order valence-electron chi connectivity index (χ3n) is 5.24. The zero-order valence-electron chi connectivity index (χ0n) is 15.6. The molecule has 1 fully saturated rings. The first-order valence-corrected chi connectivity index (χ1v) is 9.35. The first-order chi connectivity index (χ1) is 13.5. The Kier molecular flexibility index (Phi) is 4.57. The van der Waals surface area contributed by atoms with Gasteiger partial charge < -0.3 is 5.11 Å². The molecule has 1 aliphatic carbocycles. The molecule has 2 N–H and O–H groups in total. The maximum absolute atomic E-state index is 12.7. The quantitative estimate of drug-likeness (QED) is 0.712. The van der Waals surface area contributed by atoms with Gasteiger partial charge in [0.15, 0.2) is 5.65 Å². The van der Waals surface area contributed by atoms with Crippen molar-refractivity contribution in [2.75, 3.05) is 5.32 Å². The fourth-order valence-electron chi connectivity index (χ4n) is 3.50. The van der Waals surface area contributed by atoms with E-state index in [2.05, 4.69) is 15.3 Å². The van der Waals surface area contributed by atoms with Gasteiger partial charge in [-0.05, 0) is 43.9 Å². The van der Waals surface area contributed by atoms with Crippen LogP contribution >= 0.6 is 0 Å². The van der Waals surface area contributed by atoms with Crippen LogP contribution < -0.4 is 5.32 Å². The minimum Gasteiger partial charge on any atom is -0.385 e. The lowest BCUT2D eigenvalue weighted by Gasteiger charge is -2.29. The number of nitriles is 1. The zero-order valence-corrected chi connectivity index (χ0v) is 15.6. The van der Waals surface area contributed by atoms with E-state index in [9.17, 15) is 9.90 Å². The van der Waals surface area contributed by atoms with Crippen molar-refractivity contribution in [3.63, 3.8) is 0 Å². The molecule has 142 valence electrons. The van der Waals surface area contributed by atoms with Crippen molar-refractivity contribution in [1.29, 1.82) is 5.26 Å². The number of hydrogen-bond acceptors (Lipinski definition) is 5. The lowest BCUT2D eigenvalue weighted by molar-refractivity contribution is -0.120. The number of aliphatic hydroxyl groups is 1. The topological polar surface area (TPSA) is 104 Å². The Morgan fingerprint density at radius 1 is 1.29 bits per heavy atom. The van der Waals surface area contributed by atoms with Gasteiger partial charge in [-0.25, -0.2) is 9.97 Å². The maximum atomic E-state index is 12.7. The molecular formula is C21H21N5O2. The fraction of sp³-hybridized carbons (Fsp3) is 0.333. The van der Waals surface area contributed by atoms with Gasteiger partial charge in [-0.1, -0.05) is 30.3 Å². The number of nitrogens with zero attached hydrogens (tertiary/aromatic N) is 4. The van der Waals surface area contributed by atoms with Crippen molar-refractivity contribution in [3.05, 3.63) is 53.7 Å². The highest BCUT2D eigenvalue weighted by molar-refractivity contribution is 5.91. The molecule has 0 bridgehead atoms. The Morgan fingerprint density at radius 2 is 2.04 bits per heavy atom. The van der Waals surface area contributed by atoms with Crippen LogP contribution in [0.15, 0.2) is 42.5 Å². The van der Waals surface area contributed by atoms with Gasteiger partial charge in [-0.15, -0.1) is 0 Å². The van der Waals surface area contributed by atoms with Crippen LogP contribution in [0.2, 0.25) is 0 Å². The van der Waals surface area contributed by atoms with E-state index in [0.717, 1.165) is 19.3 Å². The Hall–Kier alpha value is -3.24. The second-order valence-corrected chi connectivity index (χ2v) is 7.41. The molecule has 3 aromatic rings. The largest absolute Gasteiger partial charge is 0.385 e. The molecule has 4 rings (SSSR count). The number of rotatable bonds is 5. The van der Waals surface area contributed by atoms with E-state index in [-0.39, 0.29) is 18.4 Å². The van der Waals surface area contributed by atoms with Crippen LogP contribution in [0.3, 0.4) is 0 Å². The number of nitrogens with one attached hydrogen (secondary N) is 1. The molecule has 0 saturated heterocycles. The summed E-state index contributed by atoms with van der Waals surface area (Å²) in [5, 5.41) is 22.7. The van der Waals surface area contributed by atoms with Crippen LogP contribution in [0, 0.1) is 11.3 Å². The van der Waals surface area contributed by atoms with Crippen LogP contribution in [0.1, 0.15) is 49.9 Å². The van der Waals surface area contributed by atoms with E-state index in [0.29, 0.717) is 28.4 Å². The number of carbonyl (C=O) groups is 1. The second-order valence-electron chi connectivity index (χ2n) is 7.41. The van der Waals surface area contributed by atoms with Crippen molar-refractivity contribution in [3.8, 4) is 6.07 Å². The third-order valence-corrected chi connectivity index (χ3v) is 5.24. The predicted molar refractivity (Wildman–Crippen MR) is 104 cm³/mol. The van der Waals surface area contributed by atoms with Crippen LogP contribution in [0.4, 0.5) is 5.95 Å². The van der Waals surface area contributed by atoms with Crippen LogP contribution in [-0.4, -0.2) is 25.5 Å². The molecule has 1 unspecified atom stereocenters. The maximum Gasteiger partial charge on any atom is 0.229 e.